The number of unbranched alkanes of at least 4 members (excludes halogenated alkanes) is 2. The summed E-state index contributed by atoms with van der Waals surface area (Å²) in [5.74, 6) is 0.577. The van der Waals surface area contributed by atoms with Crippen LogP contribution >= 0.6 is 0 Å². The van der Waals surface area contributed by atoms with Gasteiger partial charge in [-0.15, -0.1) is 0 Å². The molecule has 6 nitrogen and oxygen atoms in total. The van der Waals surface area contributed by atoms with E-state index in [1.807, 2.05) is 0 Å². The molecular weight excluding hydrogens is 342 g/mol. The van der Waals surface area contributed by atoms with Crippen LogP contribution in [0.25, 0.3) is 10.9 Å². The fraction of sp³-hybridized carbons (Fsp3) is 0.571. The van der Waals surface area contributed by atoms with Crippen LogP contribution in [0.2, 0.25) is 0 Å². The van der Waals surface area contributed by atoms with Crippen molar-refractivity contribution in [3.05, 3.63) is 44.6 Å². The van der Waals surface area contributed by atoms with Gasteiger partial charge in [0.25, 0.3) is 11.5 Å². The quantitative estimate of drug-likeness (QED) is 0.765. The van der Waals surface area contributed by atoms with Gasteiger partial charge in [0.2, 0.25) is 0 Å². The lowest BCUT2D eigenvalue weighted by molar-refractivity contribution is 0.0923. The maximum absolute atomic E-state index is 12.6. The molecule has 0 radical (unpaired) electrons. The molecular formula is C21H29N3O3. The number of benzene rings is 1. The van der Waals surface area contributed by atoms with E-state index in [0.717, 1.165) is 50.9 Å². The highest BCUT2D eigenvalue weighted by Crippen LogP contribution is 2.23. The summed E-state index contributed by atoms with van der Waals surface area (Å²) in [7, 11) is 0. The topological polar surface area (TPSA) is 84.0 Å². The molecule has 2 N–H and O–H groups in total. The normalized spacial score (nSPS) is 19.9. The second-order valence-corrected chi connectivity index (χ2v) is 7.78. The Morgan fingerprint density at radius 2 is 1.93 bits per heavy atom. The molecule has 0 saturated heterocycles. The molecule has 0 atom stereocenters. The number of H-pyrrole nitrogens is 1. The number of nitrogens with one attached hydrogen (secondary N) is 2. The highest BCUT2D eigenvalue weighted by Gasteiger charge is 2.20. The van der Waals surface area contributed by atoms with E-state index in [1.54, 1.807) is 18.2 Å². The van der Waals surface area contributed by atoms with Crippen molar-refractivity contribution in [3.63, 3.8) is 0 Å². The van der Waals surface area contributed by atoms with E-state index in [4.69, 9.17) is 0 Å². The van der Waals surface area contributed by atoms with Crippen LogP contribution in [-0.4, -0.2) is 21.5 Å². The molecule has 27 heavy (non-hydrogen) atoms. The fourth-order valence-corrected chi connectivity index (χ4v) is 3.79. The maximum atomic E-state index is 12.6. The predicted molar refractivity (Wildman–Crippen MR) is 107 cm³/mol. The van der Waals surface area contributed by atoms with E-state index in [9.17, 15) is 14.4 Å². The summed E-state index contributed by atoms with van der Waals surface area (Å²) in [6.45, 7) is 4.74. The van der Waals surface area contributed by atoms with E-state index in [0.29, 0.717) is 23.0 Å². The van der Waals surface area contributed by atoms with Gasteiger partial charge in [-0.3, -0.25) is 14.2 Å². The average molecular weight is 371 g/mol. The Bertz CT molecular complexity index is 920. The number of amides is 1. The van der Waals surface area contributed by atoms with Crippen molar-refractivity contribution in [2.75, 3.05) is 0 Å². The van der Waals surface area contributed by atoms with Gasteiger partial charge in [-0.25, -0.2) is 4.79 Å². The predicted octanol–water partition coefficient (Wildman–Crippen LogP) is 3.19. The Morgan fingerprint density at radius 1 is 1.19 bits per heavy atom. The van der Waals surface area contributed by atoms with Crippen molar-refractivity contribution >= 4 is 16.8 Å². The molecule has 1 aromatic carbocycles. The number of carbonyl (C=O) groups is 1. The first kappa shape index (κ1) is 19.4. The van der Waals surface area contributed by atoms with Crippen LogP contribution in [0.3, 0.4) is 0 Å². The summed E-state index contributed by atoms with van der Waals surface area (Å²) < 4.78 is 1.25. The summed E-state index contributed by atoms with van der Waals surface area (Å²) in [6.07, 6.45) is 7.06. The van der Waals surface area contributed by atoms with Crippen LogP contribution < -0.4 is 16.6 Å². The summed E-state index contributed by atoms with van der Waals surface area (Å²) in [5.41, 5.74) is 0.182. The first-order valence-electron chi connectivity index (χ1n) is 10.1. The van der Waals surface area contributed by atoms with Crippen LogP contribution in [0.1, 0.15) is 69.2 Å². The largest absolute Gasteiger partial charge is 0.349 e. The summed E-state index contributed by atoms with van der Waals surface area (Å²) in [6, 6.07) is 5.12. The highest BCUT2D eigenvalue weighted by atomic mass is 16.2. The smallest absolute Gasteiger partial charge is 0.328 e. The van der Waals surface area contributed by atoms with Gasteiger partial charge in [0.05, 0.1) is 10.9 Å². The zero-order valence-corrected chi connectivity index (χ0v) is 16.2. The third kappa shape index (κ3) is 4.49. The highest BCUT2D eigenvalue weighted by molar-refractivity contribution is 5.97. The van der Waals surface area contributed by atoms with Crippen LogP contribution in [0, 0.1) is 5.92 Å². The average Bonchev–Trinajstić information content (AvgIpc) is 2.66. The van der Waals surface area contributed by atoms with Crippen LogP contribution in [-0.2, 0) is 6.54 Å². The molecule has 0 unspecified atom stereocenters. The second kappa shape index (κ2) is 8.55. The number of nitrogens with zero attached hydrogens (tertiary/aromatic N) is 1. The summed E-state index contributed by atoms with van der Waals surface area (Å²) in [4.78, 5) is 40.2. The van der Waals surface area contributed by atoms with Gasteiger partial charge in [0.15, 0.2) is 0 Å². The Balaban J connectivity index is 1.80. The third-order valence-electron chi connectivity index (χ3n) is 5.58. The lowest BCUT2D eigenvalue weighted by atomic mass is 9.87. The first-order valence-corrected chi connectivity index (χ1v) is 10.1. The lowest BCUT2D eigenvalue weighted by Gasteiger charge is -2.26. The van der Waals surface area contributed by atoms with Gasteiger partial charge in [-0.2, -0.15) is 0 Å². The summed E-state index contributed by atoms with van der Waals surface area (Å²) in [5, 5.41) is 3.52. The van der Waals surface area contributed by atoms with E-state index in [-0.39, 0.29) is 17.5 Å². The minimum atomic E-state index is -0.414. The van der Waals surface area contributed by atoms with Gasteiger partial charge < -0.3 is 10.3 Å². The number of carbonyl (C=O) groups excluding carboxylic acids is 1. The Kier molecular flexibility index (Phi) is 6.14. The minimum Gasteiger partial charge on any atom is -0.349 e. The molecule has 6 heteroatoms. The number of aromatic nitrogens is 2. The fourth-order valence-electron chi connectivity index (χ4n) is 3.79. The zero-order chi connectivity index (χ0) is 19.4. The van der Waals surface area contributed by atoms with E-state index < -0.39 is 5.69 Å². The molecule has 1 heterocycles. The van der Waals surface area contributed by atoms with Crippen molar-refractivity contribution in [3.8, 4) is 0 Å². The molecule has 2 aromatic rings. The number of rotatable bonds is 6. The minimum absolute atomic E-state index is 0.149. The van der Waals surface area contributed by atoms with E-state index in [1.165, 1.54) is 4.57 Å². The van der Waals surface area contributed by atoms with Crippen LogP contribution in [0.15, 0.2) is 27.8 Å². The number of hydrogen-bond donors (Lipinski definition) is 2. The van der Waals surface area contributed by atoms with Crippen molar-refractivity contribution < 1.29 is 4.79 Å². The molecule has 1 fully saturated rings. The van der Waals surface area contributed by atoms with Gasteiger partial charge in [0, 0.05) is 18.2 Å². The van der Waals surface area contributed by atoms with Crippen molar-refractivity contribution in [1.82, 2.24) is 14.9 Å². The van der Waals surface area contributed by atoms with Gasteiger partial charge in [-0.05, 0) is 56.2 Å². The van der Waals surface area contributed by atoms with E-state index >= 15 is 0 Å². The van der Waals surface area contributed by atoms with Gasteiger partial charge in [-0.1, -0.05) is 26.7 Å². The number of fused-ring (bicyclic) bond motifs is 1. The molecule has 1 aliphatic carbocycles. The third-order valence-corrected chi connectivity index (χ3v) is 5.58. The molecule has 0 aliphatic heterocycles. The molecule has 0 bridgehead atoms. The van der Waals surface area contributed by atoms with Gasteiger partial charge in [0.1, 0.15) is 0 Å². The molecule has 1 amide bonds. The number of hydrogen-bond acceptors (Lipinski definition) is 3. The standard InChI is InChI=1S/C21H29N3O3/c1-3-4-5-12-24-20(26)17-11-8-15(13-18(17)23-21(24)27)19(25)22-16-9-6-14(2)7-10-16/h8,11,13-14,16H,3-7,9-10,12H2,1-2H3,(H,22,25)(H,23,27). The van der Waals surface area contributed by atoms with Crippen molar-refractivity contribution in [2.24, 2.45) is 5.92 Å². The van der Waals surface area contributed by atoms with Crippen molar-refractivity contribution in [2.45, 2.75) is 71.4 Å². The molecule has 0 spiro atoms. The van der Waals surface area contributed by atoms with Crippen LogP contribution in [0.4, 0.5) is 0 Å². The van der Waals surface area contributed by atoms with Crippen molar-refractivity contribution in [1.29, 1.82) is 0 Å². The molecule has 1 aliphatic rings. The molecule has 1 aromatic heterocycles. The monoisotopic (exact) mass is 371 g/mol. The molecule has 1 saturated carbocycles. The Morgan fingerprint density at radius 3 is 2.63 bits per heavy atom. The lowest BCUT2D eigenvalue weighted by Crippen LogP contribution is -2.37. The maximum Gasteiger partial charge on any atom is 0.328 e. The molecule has 3 rings (SSSR count). The second-order valence-electron chi connectivity index (χ2n) is 7.78. The summed E-state index contributed by atoms with van der Waals surface area (Å²) >= 11 is 0. The first-order chi connectivity index (χ1) is 13.0. The SMILES string of the molecule is CCCCCn1c(=O)[nH]c2cc(C(=O)NC3CCC(C)CC3)ccc2c1=O. The van der Waals surface area contributed by atoms with E-state index in [2.05, 4.69) is 24.1 Å². The zero-order valence-electron chi connectivity index (χ0n) is 16.2. The Labute approximate surface area is 159 Å². The Hall–Kier alpha value is -2.37. The van der Waals surface area contributed by atoms with Crippen LogP contribution in [0.5, 0.6) is 0 Å². The molecule has 146 valence electrons. The number of aromatic amines is 1. The van der Waals surface area contributed by atoms with Gasteiger partial charge >= 0.3 is 5.69 Å².